The summed E-state index contributed by atoms with van der Waals surface area (Å²) in [5.74, 6) is -0.149. The van der Waals surface area contributed by atoms with Gasteiger partial charge in [0.15, 0.2) is 0 Å². The molecule has 0 bridgehead atoms. The van der Waals surface area contributed by atoms with E-state index < -0.39 is 6.04 Å². The molecular formula is C25H25N3O3. The molecule has 1 fully saturated rings. The number of benzene rings is 3. The number of anilines is 1. The highest BCUT2D eigenvalue weighted by Gasteiger charge is 2.30. The SMILES string of the molecule is O=C(NC(C(=O)N1CCN(c2ccc(O)cc2)CC1)c1ccccc1)c1ccccc1. The molecule has 0 spiro atoms. The van der Waals surface area contributed by atoms with Crippen LogP contribution in [-0.4, -0.2) is 48.0 Å². The number of nitrogens with one attached hydrogen (secondary N) is 1. The lowest BCUT2D eigenvalue weighted by molar-refractivity contribution is -0.133. The third-order valence-corrected chi connectivity index (χ3v) is 5.50. The molecule has 2 amide bonds. The van der Waals surface area contributed by atoms with E-state index in [1.54, 1.807) is 41.3 Å². The molecule has 2 N–H and O–H groups in total. The van der Waals surface area contributed by atoms with E-state index in [1.807, 2.05) is 48.5 Å². The number of piperazine rings is 1. The van der Waals surface area contributed by atoms with E-state index >= 15 is 0 Å². The van der Waals surface area contributed by atoms with Crippen LogP contribution in [0.15, 0.2) is 84.9 Å². The second-order valence-corrected chi connectivity index (χ2v) is 7.51. The van der Waals surface area contributed by atoms with Crippen molar-refractivity contribution in [1.29, 1.82) is 0 Å². The van der Waals surface area contributed by atoms with Gasteiger partial charge in [-0.05, 0) is 42.0 Å². The van der Waals surface area contributed by atoms with Crippen LogP contribution in [0.1, 0.15) is 22.0 Å². The molecule has 0 saturated carbocycles. The molecule has 4 rings (SSSR count). The van der Waals surface area contributed by atoms with E-state index in [4.69, 9.17) is 0 Å². The maximum Gasteiger partial charge on any atom is 0.252 e. The summed E-state index contributed by atoms with van der Waals surface area (Å²) < 4.78 is 0. The van der Waals surface area contributed by atoms with Gasteiger partial charge in [0, 0.05) is 37.4 Å². The fourth-order valence-corrected chi connectivity index (χ4v) is 3.77. The highest BCUT2D eigenvalue weighted by atomic mass is 16.3. The zero-order chi connectivity index (χ0) is 21.6. The predicted molar refractivity (Wildman–Crippen MR) is 120 cm³/mol. The largest absolute Gasteiger partial charge is 0.508 e. The summed E-state index contributed by atoms with van der Waals surface area (Å²) in [5, 5.41) is 12.4. The summed E-state index contributed by atoms with van der Waals surface area (Å²) in [7, 11) is 0. The number of phenols is 1. The number of hydrogen-bond acceptors (Lipinski definition) is 4. The van der Waals surface area contributed by atoms with Crippen molar-refractivity contribution in [2.24, 2.45) is 0 Å². The standard InChI is InChI=1S/C25H25N3O3/c29-22-13-11-21(12-14-22)27-15-17-28(18-16-27)25(31)23(19-7-3-1-4-8-19)26-24(30)20-9-5-2-6-10-20/h1-14,23,29H,15-18H2,(H,26,30). The molecule has 1 heterocycles. The van der Waals surface area contributed by atoms with Gasteiger partial charge in [-0.1, -0.05) is 48.5 Å². The predicted octanol–water partition coefficient (Wildman–Crippen LogP) is 3.21. The Labute approximate surface area is 181 Å². The third kappa shape index (κ3) is 4.86. The second kappa shape index (κ2) is 9.34. The quantitative estimate of drug-likeness (QED) is 0.671. The van der Waals surface area contributed by atoms with Crippen molar-refractivity contribution in [3.05, 3.63) is 96.1 Å². The summed E-state index contributed by atoms with van der Waals surface area (Å²) in [4.78, 5) is 30.2. The molecule has 1 saturated heterocycles. The molecule has 6 heteroatoms. The third-order valence-electron chi connectivity index (χ3n) is 5.50. The number of carbonyl (C=O) groups excluding carboxylic acids is 2. The van der Waals surface area contributed by atoms with Crippen LogP contribution in [0.5, 0.6) is 5.75 Å². The molecule has 1 atom stereocenters. The van der Waals surface area contributed by atoms with Gasteiger partial charge in [-0.2, -0.15) is 0 Å². The number of amides is 2. The topological polar surface area (TPSA) is 72.9 Å². The summed E-state index contributed by atoms with van der Waals surface area (Å²) in [5.41, 5.74) is 2.30. The number of nitrogens with zero attached hydrogens (tertiary/aromatic N) is 2. The van der Waals surface area contributed by atoms with Crippen LogP contribution in [-0.2, 0) is 4.79 Å². The van der Waals surface area contributed by atoms with Crippen LogP contribution in [0.3, 0.4) is 0 Å². The van der Waals surface area contributed by atoms with Crippen LogP contribution < -0.4 is 10.2 Å². The molecule has 3 aromatic rings. The first-order chi connectivity index (χ1) is 15.1. The van der Waals surface area contributed by atoms with E-state index in [0.717, 1.165) is 11.3 Å². The molecule has 158 valence electrons. The minimum Gasteiger partial charge on any atom is -0.508 e. The van der Waals surface area contributed by atoms with Crippen molar-refractivity contribution in [2.45, 2.75) is 6.04 Å². The molecule has 31 heavy (non-hydrogen) atoms. The lowest BCUT2D eigenvalue weighted by atomic mass is 10.0. The number of rotatable bonds is 5. The maximum atomic E-state index is 13.4. The van der Waals surface area contributed by atoms with Gasteiger partial charge in [-0.3, -0.25) is 9.59 Å². The Balaban J connectivity index is 1.47. The lowest BCUT2D eigenvalue weighted by Crippen LogP contribution is -2.52. The Morgan fingerprint density at radius 1 is 0.774 bits per heavy atom. The fourth-order valence-electron chi connectivity index (χ4n) is 3.77. The van der Waals surface area contributed by atoms with Crippen LogP contribution in [0.2, 0.25) is 0 Å². The van der Waals surface area contributed by atoms with E-state index in [0.29, 0.717) is 31.7 Å². The number of carbonyl (C=O) groups is 2. The smallest absolute Gasteiger partial charge is 0.252 e. The zero-order valence-corrected chi connectivity index (χ0v) is 17.1. The van der Waals surface area contributed by atoms with Crippen LogP contribution in [0.4, 0.5) is 5.69 Å². The van der Waals surface area contributed by atoms with Crippen LogP contribution in [0, 0.1) is 0 Å². The van der Waals surface area contributed by atoms with Crippen molar-refractivity contribution < 1.29 is 14.7 Å². The Kier molecular flexibility index (Phi) is 6.17. The van der Waals surface area contributed by atoms with Gasteiger partial charge in [0.2, 0.25) is 5.91 Å². The molecule has 1 aliphatic rings. The Bertz CT molecular complexity index is 1010. The maximum absolute atomic E-state index is 13.4. The van der Waals surface area contributed by atoms with E-state index in [-0.39, 0.29) is 17.6 Å². The van der Waals surface area contributed by atoms with Gasteiger partial charge in [-0.15, -0.1) is 0 Å². The average Bonchev–Trinajstić information content (AvgIpc) is 2.84. The minimum atomic E-state index is -0.742. The monoisotopic (exact) mass is 415 g/mol. The first kappa shape index (κ1) is 20.5. The number of hydrogen-bond donors (Lipinski definition) is 2. The molecule has 6 nitrogen and oxygen atoms in total. The molecule has 0 aliphatic carbocycles. The molecule has 0 aromatic heterocycles. The molecule has 3 aromatic carbocycles. The van der Waals surface area contributed by atoms with E-state index in [1.165, 1.54) is 0 Å². The van der Waals surface area contributed by atoms with Gasteiger partial charge in [0.25, 0.3) is 5.91 Å². The second-order valence-electron chi connectivity index (χ2n) is 7.51. The Hall–Kier alpha value is -3.80. The van der Waals surface area contributed by atoms with E-state index in [9.17, 15) is 14.7 Å². The lowest BCUT2D eigenvalue weighted by Gasteiger charge is -2.37. The molecular weight excluding hydrogens is 390 g/mol. The number of phenolic OH excluding ortho intramolecular Hbond substituents is 1. The van der Waals surface area contributed by atoms with Crippen molar-refractivity contribution in [3.63, 3.8) is 0 Å². The molecule has 0 radical (unpaired) electrons. The van der Waals surface area contributed by atoms with Crippen LogP contribution in [0.25, 0.3) is 0 Å². The van der Waals surface area contributed by atoms with Crippen molar-refractivity contribution in [3.8, 4) is 5.75 Å². The summed E-state index contributed by atoms with van der Waals surface area (Å²) in [6, 6.07) is 24.6. The zero-order valence-electron chi connectivity index (χ0n) is 17.1. The first-order valence-corrected chi connectivity index (χ1v) is 10.4. The average molecular weight is 415 g/mol. The molecule has 1 aliphatic heterocycles. The first-order valence-electron chi connectivity index (χ1n) is 10.4. The van der Waals surface area contributed by atoms with Crippen LogP contribution >= 0.6 is 0 Å². The van der Waals surface area contributed by atoms with Crippen molar-refractivity contribution in [2.75, 3.05) is 31.1 Å². The fraction of sp³-hybridized carbons (Fsp3) is 0.200. The molecule has 1 unspecified atom stereocenters. The van der Waals surface area contributed by atoms with Gasteiger partial charge in [0.05, 0.1) is 0 Å². The van der Waals surface area contributed by atoms with Gasteiger partial charge in [-0.25, -0.2) is 0 Å². The van der Waals surface area contributed by atoms with Gasteiger partial charge >= 0.3 is 0 Å². The number of aromatic hydroxyl groups is 1. The van der Waals surface area contributed by atoms with Crippen molar-refractivity contribution in [1.82, 2.24) is 10.2 Å². The van der Waals surface area contributed by atoms with Crippen molar-refractivity contribution >= 4 is 17.5 Å². The van der Waals surface area contributed by atoms with Gasteiger partial charge < -0.3 is 20.2 Å². The normalized spacial score (nSPS) is 14.7. The highest BCUT2D eigenvalue weighted by Crippen LogP contribution is 2.22. The Morgan fingerprint density at radius 3 is 1.97 bits per heavy atom. The minimum absolute atomic E-state index is 0.110. The Morgan fingerprint density at radius 2 is 1.35 bits per heavy atom. The van der Waals surface area contributed by atoms with E-state index in [2.05, 4.69) is 10.2 Å². The summed E-state index contributed by atoms with van der Waals surface area (Å²) in [6.45, 7) is 2.49. The summed E-state index contributed by atoms with van der Waals surface area (Å²) >= 11 is 0. The van der Waals surface area contributed by atoms with Gasteiger partial charge in [0.1, 0.15) is 11.8 Å². The summed E-state index contributed by atoms with van der Waals surface area (Å²) in [6.07, 6.45) is 0. The highest BCUT2D eigenvalue weighted by molar-refractivity contribution is 5.97.